The van der Waals surface area contributed by atoms with Gasteiger partial charge in [0.25, 0.3) is 6.43 Å². The first-order chi connectivity index (χ1) is 13.0. The first kappa shape index (κ1) is 19.5. The molecule has 0 spiro atoms. The van der Waals surface area contributed by atoms with Gasteiger partial charge in [0, 0.05) is 5.56 Å². The summed E-state index contributed by atoms with van der Waals surface area (Å²) >= 11 is 0. The molecule has 0 aliphatic heterocycles. The summed E-state index contributed by atoms with van der Waals surface area (Å²) in [5, 5.41) is 0. The lowest BCUT2D eigenvalue weighted by Gasteiger charge is -2.27. The second-order valence-electron chi connectivity index (χ2n) is 6.91. The molecule has 0 heterocycles. The van der Waals surface area contributed by atoms with Gasteiger partial charge in [-0.15, -0.1) is 6.58 Å². The lowest BCUT2D eigenvalue weighted by molar-refractivity contribution is 0.0795. The first-order valence-corrected chi connectivity index (χ1v) is 9.11. The third kappa shape index (κ3) is 4.52. The van der Waals surface area contributed by atoms with Crippen LogP contribution < -0.4 is 4.74 Å². The number of rotatable bonds is 6. The maximum atomic E-state index is 14.4. The summed E-state index contributed by atoms with van der Waals surface area (Å²) in [5.41, 5.74) is 1.81. The Labute approximate surface area is 156 Å². The van der Waals surface area contributed by atoms with Gasteiger partial charge in [-0.1, -0.05) is 30.3 Å². The molecule has 2 aromatic carbocycles. The SMILES string of the molecule is C=CC1CCC(c2ccc(-c3ccc(OCC(F)F)c(F)c3F)cc2)CC1. The topological polar surface area (TPSA) is 9.23 Å². The van der Waals surface area contributed by atoms with Crippen molar-refractivity contribution in [3.63, 3.8) is 0 Å². The number of hydrogen-bond donors (Lipinski definition) is 0. The van der Waals surface area contributed by atoms with E-state index in [1.54, 1.807) is 12.1 Å². The molecule has 3 rings (SSSR count). The number of halogens is 4. The van der Waals surface area contributed by atoms with Crippen LogP contribution in [0.15, 0.2) is 49.1 Å². The van der Waals surface area contributed by atoms with Crippen LogP contribution in [-0.4, -0.2) is 13.0 Å². The minimum absolute atomic E-state index is 0.0822. The number of hydrogen-bond acceptors (Lipinski definition) is 1. The summed E-state index contributed by atoms with van der Waals surface area (Å²) in [6, 6.07) is 9.97. The van der Waals surface area contributed by atoms with Crippen molar-refractivity contribution in [2.24, 2.45) is 5.92 Å². The van der Waals surface area contributed by atoms with E-state index in [-0.39, 0.29) is 5.56 Å². The van der Waals surface area contributed by atoms with E-state index in [2.05, 4.69) is 11.3 Å². The van der Waals surface area contributed by atoms with Crippen LogP contribution in [0.2, 0.25) is 0 Å². The molecule has 1 fully saturated rings. The number of ether oxygens (including phenoxy) is 1. The van der Waals surface area contributed by atoms with Gasteiger partial charge >= 0.3 is 0 Å². The molecule has 1 aliphatic rings. The van der Waals surface area contributed by atoms with Crippen molar-refractivity contribution in [1.82, 2.24) is 0 Å². The van der Waals surface area contributed by atoms with E-state index in [0.717, 1.165) is 25.7 Å². The van der Waals surface area contributed by atoms with Gasteiger partial charge in [-0.25, -0.2) is 13.2 Å². The Bertz CT molecular complexity index is 778. The molecule has 0 amide bonds. The molecule has 0 unspecified atom stereocenters. The predicted molar refractivity (Wildman–Crippen MR) is 98.2 cm³/mol. The molecule has 0 radical (unpaired) electrons. The predicted octanol–water partition coefficient (Wildman–Crippen LogP) is 6.74. The van der Waals surface area contributed by atoms with Gasteiger partial charge in [0.2, 0.25) is 5.82 Å². The molecular formula is C22H22F4O. The van der Waals surface area contributed by atoms with Crippen molar-refractivity contribution in [3.05, 3.63) is 66.3 Å². The normalized spacial score (nSPS) is 19.9. The van der Waals surface area contributed by atoms with Crippen LogP contribution in [0, 0.1) is 17.6 Å². The highest BCUT2D eigenvalue weighted by molar-refractivity contribution is 5.65. The van der Waals surface area contributed by atoms with Gasteiger partial charge in [-0.05, 0) is 60.8 Å². The van der Waals surface area contributed by atoms with Crippen molar-refractivity contribution in [2.45, 2.75) is 38.0 Å². The van der Waals surface area contributed by atoms with Crippen molar-refractivity contribution in [2.75, 3.05) is 6.61 Å². The molecule has 0 aromatic heterocycles. The van der Waals surface area contributed by atoms with Crippen LogP contribution >= 0.6 is 0 Å². The van der Waals surface area contributed by atoms with Crippen LogP contribution in [0.3, 0.4) is 0 Å². The van der Waals surface area contributed by atoms with Crippen molar-refractivity contribution < 1.29 is 22.3 Å². The van der Waals surface area contributed by atoms with Gasteiger partial charge in [-0.3, -0.25) is 0 Å². The summed E-state index contributed by atoms with van der Waals surface area (Å²) in [7, 11) is 0. The fourth-order valence-corrected chi connectivity index (χ4v) is 3.64. The maximum absolute atomic E-state index is 14.4. The Morgan fingerprint density at radius 2 is 1.63 bits per heavy atom. The van der Waals surface area contributed by atoms with E-state index in [1.807, 2.05) is 18.2 Å². The standard InChI is InChI=1S/C22H22F4O/c1-2-14-3-5-15(6-4-14)16-7-9-17(10-8-16)18-11-12-19(22(26)21(18)25)27-13-20(23)24/h2,7-12,14-15,20H,1,3-6,13H2. The summed E-state index contributed by atoms with van der Waals surface area (Å²) < 4.78 is 57.4. The van der Waals surface area contributed by atoms with E-state index in [4.69, 9.17) is 0 Å². The Balaban J connectivity index is 1.75. The molecule has 1 aliphatic carbocycles. The van der Waals surface area contributed by atoms with Crippen LogP contribution in [-0.2, 0) is 0 Å². The summed E-state index contributed by atoms with van der Waals surface area (Å²) in [6.07, 6.45) is 3.70. The average Bonchev–Trinajstić information content (AvgIpc) is 2.69. The molecule has 144 valence electrons. The second-order valence-corrected chi connectivity index (χ2v) is 6.91. The molecule has 1 saturated carbocycles. The quantitative estimate of drug-likeness (QED) is 0.400. The highest BCUT2D eigenvalue weighted by Crippen LogP contribution is 2.37. The van der Waals surface area contributed by atoms with E-state index < -0.39 is 30.4 Å². The molecule has 2 aromatic rings. The Kier molecular flexibility index (Phi) is 6.19. The fourth-order valence-electron chi connectivity index (χ4n) is 3.64. The minimum atomic E-state index is -2.75. The average molecular weight is 378 g/mol. The Morgan fingerprint density at radius 3 is 2.22 bits per heavy atom. The number of benzene rings is 2. The molecular weight excluding hydrogens is 356 g/mol. The maximum Gasteiger partial charge on any atom is 0.272 e. The molecule has 0 N–H and O–H groups in total. The van der Waals surface area contributed by atoms with E-state index >= 15 is 0 Å². The van der Waals surface area contributed by atoms with E-state index in [1.165, 1.54) is 17.7 Å². The van der Waals surface area contributed by atoms with Crippen LogP contribution in [0.5, 0.6) is 5.75 Å². The number of allylic oxidation sites excluding steroid dienone is 1. The van der Waals surface area contributed by atoms with Crippen LogP contribution in [0.25, 0.3) is 11.1 Å². The fraction of sp³-hybridized carbons (Fsp3) is 0.364. The monoisotopic (exact) mass is 378 g/mol. The molecule has 1 nitrogen and oxygen atoms in total. The molecule has 5 heteroatoms. The van der Waals surface area contributed by atoms with Gasteiger partial charge in [0.05, 0.1) is 0 Å². The van der Waals surface area contributed by atoms with Crippen molar-refractivity contribution in [3.8, 4) is 16.9 Å². The zero-order valence-electron chi connectivity index (χ0n) is 14.9. The van der Waals surface area contributed by atoms with E-state index in [0.29, 0.717) is 17.4 Å². The molecule has 0 bridgehead atoms. The lowest BCUT2D eigenvalue weighted by Crippen LogP contribution is -2.11. The van der Waals surface area contributed by atoms with Crippen molar-refractivity contribution in [1.29, 1.82) is 0 Å². The smallest absolute Gasteiger partial charge is 0.272 e. The van der Waals surface area contributed by atoms with Gasteiger partial charge in [-0.2, -0.15) is 4.39 Å². The third-order valence-corrected chi connectivity index (χ3v) is 5.21. The zero-order valence-corrected chi connectivity index (χ0v) is 14.9. The highest BCUT2D eigenvalue weighted by Gasteiger charge is 2.21. The Morgan fingerprint density at radius 1 is 0.963 bits per heavy atom. The van der Waals surface area contributed by atoms with Gasteiger partial charge < -0.3 is 4.74 Å². The molecule has 0 saturated heterocycles. The number of alkyl halides is 2. The molecule has 0 atom stereocenters. The van der Waals surface area contributed by atoms with Gasteiger partial charge in [0.1, 0.15) is 6.61 Å². The lowest BCUT2D eigenvalue weighted by atomic mass is 9.78. The van der Waals surface area contributed by atoms with Gasteiger partial charge in [0.15, 0.2) is 11.6 Å². The highest BCUT2D eigenvalue weighted by atomic mass is 19.3. The van der Waals surface area contributed by atoms with Crippen LogP contribution in [0.4, 0.5) is 17.6 Å². The summed E-state index contributed by atoms with van der Waals surface area (Å²) in [4.78, 5) is 0. The Hall–Kier alpha value is -2.30. The third-order valence-electron chi connectivity index (χ3n) is 5.21. The second kappa shape index (κ2) is 8.59. The largest absolute Gasteiger partial charge is 0.484 e. The van der Waals surface area contributed by atoms with Crippen molar-refractivity contribution >= 4 is 0 Å². The first-order valence-electron chi connectivity index (χ1n) is 9.11. The van der Waals surface area contributed by atoms with Crippen LogP contribution in [0.1, 0.15) is 37.2 Å². The minimum Gasteiger partial charge on any atom is -0.484 e. The molecule has 27 heavy (non-hydrogen) atoms. The van der Waals surface area contributed by atoms with E-state index in [9.17, 15) is 17.6 Å². The zero-order chi connectivity index (χ0) is 19.4. The summed E-state index contributed by atoms with van der Waals surface area (Å²) in [6.45, 7) is 2.88. The summed E-state index contributed by atoms with van der Waals surface area (Å²) in [5.74, 6) is -1.79.